The zero-order valence-corrected chi connectivity index (χ0v) is 5.69. The molecule has 0 aromatic heterocycles. The molecule has 2 nitrogen and oxygen atoms in total. The van der Waals surface area contributed by atoms with E-state index in [9.17, 15) is 8.42 Å². The number of rotatable bonds is 4. The van der Waals surface area contributed by atoms with Gasteiger partial charge in [0.2, 0.25) is 0 Å². The molecule has 0 spiro atoms. The Kier molecular flexibility index (Phi) is 5.06. The molecule has 0 aliphatic carbocycles. The summed E-state index contributed by atoms with van der Waals surface area (Å²) >= 11 is 0. The van der Waals surface area contributed by atoms with Gasteiger partial charge in [-0.1, -0.05) is 19.8 Å². The normalized spacial score (nSPS) is 10.2. The maximum Gasteiger partial charge on any atom is 0.140 e. The number of unbranched alkanes of at least 4 members (excludes halogenated alkanes) is 2. The Bertz CT molecular complexity index is 99.0. The molecule has 0 atom stereocenters. The van der Waals surface area contributed by atoms with Crippen molar-refractivity contribution in [1.29, 1.82) is 0 Å². The minimum atomic E-state index is -2.14. The van der Waals surface area contributed by atoms with Crippen LogP contribution < -0.4 is 0 Å². The van der Waals surface area contributed by atoms with Gasteiger partial charge in [-0.15, -0.1) is 0 Å². The Balaban J connectivity index is 2.94. The highest BCUT2D eigenvalue weighted by Gasteiger charge is 1.85. The van der Waals surface area contributed by atoms with Gasteiger partial charge in [-0.05, 0) is 6.42 Å². The summed E-state index contributed by atoms with van der Waals surface area (Å²) in [5.41, 5.74) is 0. The van der Waals surface area contributed by atoms with Crippen LogP contribution in [0.3, 0.4) is 0 Å². The average molecular weight is 135 g/mol. The summed E-state index contributed by atoms with van der Waals surface area (Å²) in [5.74, 6) is 0.324. The minimum absolute atomic E-state index is 0.324. The van der Waals surface area contributed by atoms with Gasteiger partial charge in [0, 0.05) is 5.75 Å². The molecule has 0 aromatic rings. The first-order valence-electron chi connectivity index (χ1n) is 2.68. The summed E-state index contributed by atoms with van der Waals surface area (Å²) < 4.78 is 19.8. The quantitative estimate of drug-likeness (QED) is 0.452. The predicted octanol–water partition coefficient (Wildman–Crippen LogP) is 0.602. The highest BCUT2D eigenvalue weighted by Crippen LogP contribution is 1.91. The van der Waals surface area contributed by atoms with Gasteiger partial charge in [0.15, 0.2) is 0 Å². The lowest BCUT2D eigenvalue weighted by molar-refractivity contribution is 0.610. The van der Waals surface area contributed by atoms with Crippen LogP contribution in [0.5, 0.6) is 0 Å². The van der Waals surface area contributed by atoms with E-state index in [1.807, 2.05) is 0 Å². The number of hydrogen-bond acceptors (Lipinski definition) is 2. The fourth-order valence-corrected chi connectivity index (χ4v) is 0.899. The molecular formula is C5H11O2S. The molecule has 0 heterocycles. The number of hydrogen-bond donors (Lipinski definition) is 1. The SMILES string of the molecule is [CH2]CCCC[SH](=O)=O. The van der Waals surface area contributed by atoms with Gasteiger partial charge < -0.3 is 0 Å². The summed E-state index contributed by atoms with van der Waals surface area (Å²) in [5, 5.41) is 0. The Morgan fingerprint density at radius 2 is 1.88 bits per heavy atom. The maximum atomic E-state index is 9.89. The van der Waals surface area contributed by atoms with Crippen LogP contribution in [0.2, 0.25) is 0 Å². The fraction of sp³-hybridized carbons (Fsp3) is 0.800. The van der Waals surface area contributed by atoms with Gasteiger partial charge in [0.25, 0.3) is 0 Å². The van der Waals surface area contributed by atoms with Crippen LogP contribution in [-0.2, 0) is 10.7 Å². The van der Waals surface area contributed by atoms with Crippen molar-refractivity contribution in [2.24, 2.45) is 0 Å². The van der Waals surface area contributed by atoms with Gasteiger partial charge in [-0.3, -0.25) is 0 Å². The van der Waals surface area contributed by atoms with Crippen molar-refractivity contribution in [3.8, 4) is 0 Å². The molecule has 0 aliphatic rings. The zero-order valence-electron chi connectivity index (χ0n) is 4.80. The first kappa shape index (κ1) is 7.95. The molecule has 0 aromatic carbocycles. The minimum Gasteiger partial charge on any atom is -0.232 e. The van der Waals surface area contributed by atoms with E-state index in [4.69, 9.17) is 0 Å². The standard InChI is InChI=1S/C5H11O2S/c1-2-3-4-5-8(6)7/h8H,1-5H2. The second-order valence-corrected chi connectivity index (χ2v) is 2.73. The smallest absolute Gasteiger partial charge is 0.140 e. The number of thiol groups is 1. The van der Waals surface area contributed by atoms with Crippen molar-refractivity contribution in [1.82, 2.24) is 0 Å². The summed E-state index contributed by atoms with van der Waals surface area (Å²) in [6.45, 7) is 3.59. The van der Waals surface area contributed by atoms with E-state index >= 15 is 0 Å². The molecule has 0 rings (SSSR count). The molecule has 49 valence electrons. The lowest BCUT2D eigenvalue weighted by atomic mass is 10.3. The Hall–Kier alpha value is -0.0500. The van der Waals surface area contributed by atoms with E-state index in [1.165, 1.54) is 0 Å². The molecular weight excluding hydrogens is 124 g/mol. The van der Waals surface area contributed by atoms with E-state index in [0.29, 0.717) is 5.75 Å². The van der Waals surface area contributed by atoms with Gasteiger partial charge >= 0.3 is 0 Å². The molecule has 8 heavy (non-hydrogen) atoms. The molecule has 0 saturated heterocycles. The van der Waals surface area contributed by atoms with E-state index in [2.05, 4.69) is 6.92 Å². The molecule has 3 heteroatoms. The van der Waals surface area contributed by atoms with Gasteiger partial charge in [0.1, 0.15) is 10.7 Å². The van der Waals surface area contributed by atoms with Crippen LogP contribution in [0.25, 0.3) is 0 Å². The van der Waals surface area contributed by atoms with E-state index in [1.54, 1.807) is 0 Å². The first-order chi connectivity index (χ1) is 3.77. The van der Waals surface area contributed by atoms with Crippen LogP contribution in [-0.4, -0.2) is 14.2 Å². The molecule has 0 bridgehead atoms. The first-order valence-corrected chi connectivity index (χ1v) is 4.04. The zero-order chi connectivity index (χ0) is 6.41. The molecule has 0 amide bonds. The Morgan fingerprint density at radius 1 is 1.25 bits per heavy atom. The van der Waals surface area contributed by atoms with Crippen LogP contribution in [0.15, 0.2) is 0 Å². The van der Waals surface area contributed by atoms with Crippen molar-refractivity contribution in [2.45, 2.75) is 19.3 Å². The third-order valence-corrected chi connectivity index (χ3v) is 1.52. The molecule has 0 N–H and O–H groups in total. The van der Waals surface area contributed by atoms with Crippen molar-refractivity contribution in [3.05, 3.63) is 6.92 Å². The Morgan fingerprint density at radius 3 is 2.25 bits per heavy atom. The highest BCUT2D eigenvalue weighted by molar-refractivity contribution is 7.72. The third-order valence-electron chi connectivity index (χ3n) is 0.841. The van der Waals surface area contributed by atoms with Gasteiger partial charge in [0.05, 0.1) is 0 Å². The molecule has 0 aliphatic heterocycles. The van der Waals surface area contributed by atoms with Crippen molar-refractivity contribution >= 4 is 10.7 Å². The van der Waals surface area contributed by atoms with E-state index in [-0.39, 0.29) is 0 Å². The van der Waals surface area contributed by atoms with Crippen molar-refractivity contribution < 1.29 is 8.42 Å². The van der Waals surface area contributed by atoms with E-state index in [0.717, 1.165) is 19.3 Å². The summed E-state index contributed by atoms with van der Waals surface area (Å²) in [7, 11) is -2.14. The van der Waals surface area contributed by atoms with Crippen molar-refractivity contribution in [3.63, 3.8) is 0 Å². The molecule has 0 fully saturated rings. The summed E-state index contributed by atoms with van der Waals surface area (Å²) in [4.78, 5) is 0. The van der Waals surface area contributed by atoms with Crippen LogP contribution >= 0.6 is 0 Å². The second kappa shape index (κ2) is 5.09. The lowest BCUT2D eigenvalue weighted by Gasteiger charge is -1.86. The topological polar surface area (TPSA) is 34.1 Å². The monoisotopic (exact) mass is 135 g/mol. The van der Waals surface area contributed by atoms with Crippen LogP contribution in [0.4, 0.5) is 0 Å². The fourth-order valence-electron chi connectivity index (χ4n) is 0.418. The summed E-state index contributed by atoms with van der Waals surface area (Å²) in [6, 6.07) is 0. The van der Waals surface area contributed by atoms with Crippen LogP contribution in [0.1, 0.15) is 19.3 Å². The van der Waals surface area contributed by atoms with Crippen molar-refractivity contribution in [2.75, 3.05) is 5.75 Å². The lowest BCUT2D eigenvalue weighted by Crippen LogP contribution is -1.85. The van der Waals surface area contributed by atoms with Crippen LogP contribution in [0, 0.1) is 6.92 Å². The summed E-state index contributed by atoms with van der Waals surface area (Å²) in [6.07, 6.45) is 2.52. The maximum absolute atomic E-state index is 9.89. The molecule has 0 unspecified atom stereocenters. The highest BCUT2D eigenvalue weighted by atomic mass is 32.2. The largest absolute Gasteiger partial charge is 0.232 e. The third kappa shape index (κ3) is 5.95. The molecule has 1 radical (unpaired) electrons. The Labute approximate surface area is 51.9 Å². The predicted molar refractivity (Wildman–Crippen MR) is 34.4 cm³/mol. The second-order valence-electron chi connectivity index (χ2n) is 1.62. The van der Waals surface area contributed by atoms with E-state index < -0.39 is 10.7 Å². The van der Waals surface area contributed by atoms with Gasteiger partial charge in [-0.2, -0.15) is 0 Å². The van der Waals surface area contributed by atoms with Gasteiger partial charge in [-0.25, -0.2) is 8.42 Å². The average Bonchev–Trinajstić information content (AvgIpc) is 1.66. The molecule has 0 saturated carbocycles.